The lowest BCUT2D eigenvalue weighted by atomic mass is 9.94. The van der Waals surface area contributed by atoms with Crippen molar-refractivity contribution in [1.29, 1.82) is 0 Å². The molecule has 1 aliphatic carbocycles. The predicted octanol–water partition coefficient (Wildman–Crippen LogP) is 7.13. The van der Waals surface area contributed by atoms with E-state index in [9.17, 15) is 0 Å². The molecule has 5 rings (SSSR count). The zero-order chi connectivity index (χ0) is 24.3. The molecule has 1 atom stereocenters. The van der Waals surface area contributed by atoms with Crippen LogP contribution in [0.5, 0.6) is 0 Å². The van der Waals surface area contributed by atoms with E-state index in [0.717, 1.165) is 26.1 Å². The minimum Gasteiger partial charge on any atom is -0.349 e. The molecule has 0 bridgehead atoms. The molecule has 0 amide bonds. The van der Waals surface area contributed by atoms with Crippen molar-refractivity contribution >= 4 is 18.5 Å². The molecule has 2 fully saturated rings. The number of hydrogen-bond acceptors (Lipinski definition) is 2. The molecule has 0 radical (unpaired) electrons. The van der Waals surface area contributed by atoms with Crippen LogP contribution >= 0.6 is 7.92 Å². The van der Waals surface area contributed by atoms with Gasteiger partial charge in [0.15, 0.2) is 5.79 Å². The van der Waals surface area contributed by atoms with Gasteiger partial charge in [0.1, 0.15) is 0 Å². The predicted molar refractivity (Wildman–Crippen MR) is 149 cm³/mol. The first-order valence-electron chi connectivity index (χ1n) is 12.8. The summed E-state index contributed by atoms with van der Waals surface area (Å²) in [6, 6.07) is 34.2. The molecule has 3 aromatic rings. The van der Waals surface area contributed by atoms with Gasteiger partial charge < -0.3 is 9.47 Å². The van der Waals surface area contributed by atoms with E-state index in [-0.39, 0.29) is 11.2 Å². The van der Waals surface area contributed by atoms with Crippen LogP contribution in [0.1, 0.15) is 47.0 Å². The van der Waals surface area contributed by atoms with Gasteiger partial charge >= 0.3 is 0 Å². The molecule has 1 saturated heterocycles. The van der Waals surface area contributed by atoms with Crippen molar-refractivity contribution < 1.29 is 9.47 Å². The van der Waals surface area contributed by atoms with Crippen molar-refractivity contribution in [3.63, 3.8) is 0 Å². The normalized spacial score (nSPS) is 20.1. The van der Waals surface area contributed by atoms with Crippen LogP contribution in [-0.4, -0.2) is 25.2 Å². The van der Waals surface area contributed by atoms with Crippen LogP contribution in [0.3, 0.4) is 0 Å². The summed E-state index contributed by atoms with van der Waals surface area (Å²) >= 11 is 0. The van der Waals surface area contributed by atoms with Gasteiger partial charge in [-0.25, -0.2) is 0 Å². The fourth-order valence-corrected chi connectivity index (χ4v) is 7.52. The first-order valence-corrected chi connectivity index (χ1v) is 14.5. The van der Waals surface area contributed by atoms with Crippen LogP contribution in [0.15, 0.2) is 97.1 Å². The van der Waals surface area contributed by atoms with E-state index in [4.69, 9.17) is 9.47 Å². The molecular formula is C31H42O2P+. The van der Waals surface area contributed by atoms with E-state index in [0.29, 0.717) is 5.92 Å². The zero-order valence-electron chi connectivity index (χ0n) is 21.4. The van der Waals surface area contributed by atoms with Crippen LogP contribution in [0.4, 0.5) is 0 Å². The summed E-state index contributed by atoms with van der Waals surface area (Å²) in [5.41, 5.74) is 0.145. The third kappa shape index (κ3) is 7.77. The van der Waals surface area contributed by atoms with Crippen molar-refractivity contribution in [3.05, 3.63) is 97.1 Å². The average Bonchev–Trinajstić information content (AvgIpc) is 3.31. The van der Waals surface area contributed by atoms with Crippen molar-refractivity contribution in [2.45, 2.75) is 52.7 Å². The summed E-state index contributed by atoms with van der Waals surface area (Å²) in [7, 11) is -0.771. The molecule has 182 valence electrons. The summed E-state index contributed by atoms with van der Waals surface area (Å²) < 4.78 is 12.5. The Labute approximate surface area is 208 Å². The molecule has 3 aromatic carbocycles. The maximum absolute atomic E-state index is 6.25. The first kappa shape index (κ1) is 26.6. The quantitative estimate of drug-likeness (QED) is 0.372. The molecular weight excluding hydrogens is 435 g/mol. The van der Waals surface area contributed by atoms with Crippen molar-refractivity contribution in [2.24, 2.45) is 11.3 Å². The Bertz CT molecular complexity index is 851. The summed E-state index contributed by atoms with van der Waals surface area (Å²) in [5.74, 6) is 0.381. The van der Waals surface area contributed by atoms with Crippen molar-refractivity contribution in [3.8, 4) is 0 Å². The van der Waals surface area contributed by atoms with E-state index in [1.807, 2.05) is 50.2 Å². The Morgan fingerprint density at radius 3 is 1.56 bits per heavy atom. The summed E-state index contributed by atoms with van der Waals surface area (Å²) in [4.78, 5) is 0. The lowest BCUT2D eigenvalue weighted by Gasteiger charge is -2.41. The molecule has 2 aliphatic rings. The second-order valence-electron chi connectivity index (χ2n) is 9.83. The van der Waals surface area contributed by atoms with Gasteiger partial charge in [0.05, 0.1) is 37.9 Å². The van der Waals surface area contributed by atoms with E-state index in [2.05, 4.69) is 74.5 Å². The highest BCUT2D eigenvalue weighted by Crippen LogP contribution is 2.47. The first-order chi connectivity index (χ1) is 16.6. The van der Waals surface area contributed by atoms with Crippen molar-refractivity contribution in [1.82, 2.24) is 0 Å². The lowest BCUT2D eigenvalue weighted by molar-refractivity contribution is -0.295. The van der Waals surface area contributed by atoms with E-state index >= 15 is 0 Å². The van der Waals surface area contributed by atoms with Gasteiger partial charge in [0.2, 0.25) is 0 Å². The molecule has 1 saturated carbocycles. The maximum Gasteiger partial charge on any atom is 0.168 e. The Hall–Kier alpha value is -1.99. The Balaban J connectivity index is 0.000000348. The molecule has 1 aliphatic heterocycles. The van der Waals surface area contributed by atoms with Crippen LogP contribution in [-0.2, 0) is 9.47 Å². The maximum atomic E-state index is 6.25. The monoisotopic (exact) mass is 477 g/mol. The van der Waals surface area contributed by atoms with Gasteiger partial charge in [-0.15, -0.1) is 0 Å². The van der Waals surface area contributed by atoms with Crippen LogP contribution < -0.4 is 10.6 Å². The molecule has 2 nitrogen and oxygen atoms in total. The summed E-state index contributed by atoms with van der Waals surface area (Å²) in [5, 5.41) is 3.02. The third-order valence-electron chi connectivity index (χ3n) is 6.39. The number of rotatable bonds is 4. The van der Waals surface area contributed by atoms with Crippen LogP contribution in [0.25, 0.3) is 0 Å². The number of hydrogen-bond donors (Lipinski definition) is 0. The minimum absolute atomic E-state index is 0.145. The Morgan fingerprint density at radius 2 is 1.12 bits per heavy atom. The van der Waals surface area contributed by atoms with Gasteiger partial charge in [0.25, 0.3) is 0 Å². The minimum atomic E-state index is -0.771. The SMILES string of the molecule is CC.CC1(C)COC2(CCC(C[PH+](c3ccccc3)c3ccccc3)C2)OC1.c1ccccc1. The van der Waals surface area contributed by atoms with E-state index in [1.165, 1.54) is 23.2 Å². The topological polar surface area (TPSA) is 18.5 Å². The Morgan fingerprint density at radius 1 is 0.706 bits per heavy atom. The standard InChI is InChI=1S/C23H29O2P.C6H6.C2H6/c1-22(2)17-24-23(25-18-22)14-13-19(15-23)16-26(20-9-5-3-6-10-20)21-11-7-4-8-12-21;1-2-4-6-5-3-1;1-2/h3-12,19H,13-18H2,1-2H3;1-6H;1-2H3/p+1. The second-order valence-corrected chi connectivity index (χ2v) is 12.4. The molecule has 0 N–H and O–H groups in total. The van der Waals surface area contributed by atoms with Gasteiger partial charge in [-0.1, -0.05) is 100 Å². The average molecular weight is 478 g/mol. The fraction of sp³-hybridized carbons (Fsp3) is 0.419. The summed E-state index contributed by atoms with van der Waals surface area (Å²) in [6.07, 6.45) is 4.58. The van der Waals surface area contributed by atoms with Crippen LogP contribution in [0, 0.1) is 11.3 Å². The van der Waals surface area contributed by atoms with E-state index < -0.39 is 7.92 Å². The second kappa shape index (κ2) is 13.2. The number of benzene rings is 3. The van der Waals surface area contributed by atoms with Gasteiger partial charge in [-0.2, -0.15) is 0 Å². The van der Waals surface area contributed by atoms with Crippen molar-refractivity contribution in [2.75, 3.05) is 19.4 Å². The van der Waals surface area contributed by atoms with E-state index in [1.54, 1.807) is 0 Å². The van der Waals surface area contributed by atoms with Crippen LogP contribution in [0.2, 0.25) is 0 Å². The third-order valence-corrected chi connectivity index (χ3v) is 9.44. The molecule has 0 aromatic heterocycles. The zero-order valence-corrected chi connectivity index (χ0v) is 22.4. The Kier molecular flexibility index (Phi) is 10.3. The molecule has 3 heteroatoms. The van der Waals surface area contributed by atoms with Gasteiger partial charge in [-0.05, 0) is 36.6 Å². The lowest BCUT2D eigenvalue weighted by Crippen LogP contribution is -2.46. The van der Waals surface area contributed by atoms with Gasteiger partial charge in [0, 0.05) is 18.3 Å². The molecule has 1 spiro atoms. The molecule has 1 heterocycles. The largest absolute Gasteiger partial charge is 0.349 e. The number of ether oxygens (including phenoxy) is 2. The fourth-order valence-electron chi connectivity index (χ4n) is 4.60. The molecule has 1 unspecified atom stereocenters. The highest BCUT2D eigenvalue weighted by molar-refractivity contribution is 7.73. The summed E-state index contributed by atoms with van der Waals surface area (Å²) in [6.45, 7) is 10.1. The molecule has 34 heavy (non-hydrogen) atoms. The highest BCUT2D eigenvalue weighted by Gasteiger charge is 2.47. The van der Waals surface area contributed by atoms with Gasteiger partial charge in [-0.3, -0.25) is 0 Å². The smallest absolute Gasteiger partial charge is 0.168 e. The highest BCUT2D eigenvalue weighted by atomic mass is 31.1.